The largest absolute Gasteiger partial charge is 0.461 e. The van der Waals surface area contributed by atoms with Gasteiger partial charge in [0.1, 0.15) is 43.7 Å². The van der Waals surface area contributed by atoms with E-state index in [1.807, 2.05) is 55.5 Å². The second-order valence-electron chi connectivity index (χ2n) is 24.1. The van der Waals surface area contributed by atoms with Crippen molar-refractivity contribution in [3.63, 3.8) is 0 Å². The molecule has 5 aliphatic rings. The van der Waals surface area contributed by atoms with E-state index in [0.717, 1.165) is 32.1 Å². The van der Waals surface area contributed by atoms with Crippen molar-refractivity contribution in [2.45, 2.75) is 259 Å². The van der Waals surface area contributed by atoms with Crippen LogP contribution in [0, 0.1) is 41.4 Å². The number of amides is 1. The number of likely N-dealkylation sites (N-methyl/N-ethyl adjacent to an activating group) is 1. The number of ether oxygens (including phenoxy) is 11. The van der Waals surface area contributed by atoms with E-state index in [-0.39, 0.29) is 57.4 Å². The summed E-state index contributed by atoms with van der Waals surface area (Å²) in [6.45, 7) is 24.1. The van der Waals surface area contributed by atoms with Gasteiger partial charge in [0.15, 0.2) is 30.3 Å². The number of aliphatic hydroxyl groups excluding tert-OH is 2. The van der Waals surface area contributed by atoms with Crippen molar-refractivity contribution in [3.05, 3.63) is 0 Å². The van der Waals surface area contributed by atoms with Crippen molar-refractivity contribution < 1.29 is 86.3 Å². The number of hydrogen-bond acceptors (Lipinski definition) is 20. The summed E-state index contributed by atoms with van der Waals surface area (Å²) >= 11 is 0. The lowest BCUT2D eigenvalue weighted by Gasteiger charge is -2.45. The molecule has 0 aromatic heterocycles. The number of hydrogen-bond donors (Lipinski definition) is 3. The quantitative estimate of drug-likeness (QED) is 0.0802. The Balaban J connectivity index is 0.0000134. The van der Waals surface area contributed by atoms with E-state index in [0.29, 0.717) is 18.7 Å². The Morgan fingerprint density at radius 3 is 2.09 bits per heavy atom. The summed E-state index contributed by atoms with van der Waals surface area (Å²) in [6.07, 6.45) is -8.65. The highest BCUT2D eigenvalue weighted by atomic mass is 16.7. The predicted octanol–water partition coefficient (Wildman–Crippen LogP) is 6.98. The smallest absolute Gasteiger partial charge is 0.408 e. The molecular weight excluding hydrogens is 1030 g/mol. The molecule has 5 fully saturated rings. The molecule has 0 aromatic rings. The number of methoxy groups -OCH3 is 2. The van der Waals surface area contributed by atoms with Gasteiger partial charge < -0.3 is 77.4 Å². The Kier molecular flexibility index (Phi) is 26.8. The Bertz CT molecular complexity index is 1940. The zero-order valence-corrected chi connectivity index (χ0v) is 49.9. The lowest BCUT2D eigenvalue weighted by Crippen LogP contribution is -2.59. The highest BCUT2D eigenvalue weighted by molar-refractivity contribution is 5.91. The number of Topliss-reactive ketones (excluding diaryl/α,β-unsaturated/α-hetero) is 1. The molecular formula is C58H103N3O18. The first kappa shape index (κ1) is 68.4. The summed E-state index contributed by atoms with van der Waals surface area (Å²) in [5.41, 5.74) is -1.60. The predicted molar refractivity (Wildman–Crippen MR) is 294 cm³/mol. The van der Waals surface area contributed by atoms with E-state index in [2.05, 4.69) is 22.3 Å². The Labute approximate surface area is 471 Å². The van der Waals surface area contributed by atoms with Gasteiger partial charge in [0.05, 0.1) is 54.7 Å². The van der Waals surface area contributed by atoms with Crippen molar-refractivity contribution in [3.8, 4) is 0 Å². The lowest BCUT2D eigenvalue weighted by molar-refractivity contribution is -0.305. The Morgan fingerprint density at radius 2 is 1.47 bits per heavy atom. The summed E-state index contributed by atoms with van der Waals surface area (Å²) in [4.78, 5) is 66.9. The molecule has 458 valence electrons. The fraction of sp³-hybridized carbons (Fsp3) is 0.914. The van der Waals surface area contributed by atoms with Crippen molar-refractivity contribution >= 4 is 29.5 Å². The van der Waals surface area contributed by atoms with Crippen LogP contribution in [0.1, 0.15) is 155 Å². The van der Waals surface area contributed by atoms with Gasteiger partial charge in [-0.1, -0.05) is 80.3 Å². The van der Waals surface area contributed by atoms with Crippen LogP contribution >= 0.6 is 0 Å². The highest BCUT2D eigenvalue weighted by Crippen LogP contribution is 2.41. The number of cyclic esters (lactones) is 1. The monoisotopic (exact) mass is 1130 g/mol. The molecule has 1 amide bonds. The van der Waals surface area contributed by atoms with Gasteiger partial charge in [-0.05, 0) is 79.7 Å². The first-order chi connectivity index (χ1) is 36.7. The number of aliphatic hydroxyl groups is 2. The molecule has 4 aliphatic heterocycles. The molecule has 21 heteroatoms. The van der Waals surface area contributed by atoms with Crippen LogP contribution < -0.4 is 5.32 Å². The second-order valence-corrected chi connectivity index (χ2v) is 24.1. The molecule has 79 heavy (non-hydrogen) atoms. The van der Waals surface area contributed by atoms with Crippen molar-refractivity contribution in [2.24, 2.45) is 46.6 Å². The van der Waals surface area contributed by atoms with E-state index in [1.165, 1.54) is 21.3 Å². The molecule has 22 atom stereocenters. The first-order valence-electron chi connectivity index (χ1n) is 28.8. The highest BCUT2D eigenvalue weighted by Gasteiger charge is 2.53. The molecule has 0 radical (unpaired) electrons. The van der Waals surface area contributed by atoms with E-state index in [4.69, 9.17) is 56.9 Å². The molecule has 1 unspecified atom stereocenters. The number of carbonyl (C=O) groups excluding carboxylic acids is 4. The van der Waals surface area contributed by atoms with Crippen LogP contribution in [0.3, 0.4) is 0 Å². The van der Waals surface area contributed by atoms with Crippen molar-refractivity contribution in [2.75, 3.05) is 41.5 Å². The molecule has 3 N–H and O–H groups in total. The van der Waals surface area contributed by atoms with E-state index in [1.54, 1.807) is 34.6 Å². The average molecular weight is 1130 g/mol. The molecule has 0 spiro atoms. The molecule has 1 saturated carbocycles. The zero-order valence-electron chi connectivity index (χ0n) is 49.9. The molecule has 4 saturated heterocycles. The number of esters is 2. The number of oxime groups is 1. The van der Waals surface area contributed by atoms with Crippen LogP contribution in [-0.4, -0.2) is 190 Å². The molecule has 4 heterocycles. The fourth-order valence-corrected chi connectivity index (χ4v) is 12.4. The number of carbonyl (C=O) groups is 4. The van der Waals surface area contributed by atoms with Gasteiger partial charge in [0, 0.05) is 69.9 Å². The second kappa shape index (κ2) is 31.0. The minimum atomic E-state index is -1.90. The summed E-state index contributed by atoms with van der Waals surface area (Å²) in [6, 6.07) is -0.132. The fourth-order valence-electron chi connectivity index (χ4n) is 12.4. The maximum Gasteiger partial charge on any atom is 0.408 e. The molecule has 1 aliphatic carbocycles. The standard InChI is InChI=1S/C57H99N3O18.CH4/c1-29(2)23-42(61)74-48-36(9)47(31(4)28-70-55-51(68-16)50(67-15)44(62)39(12)73-55)76-53(65)38(11)49(75-43-24-32(5)60(14)27-34(7)71-43)35(8)46(77-54-45(63)41(59-69-17)25-33(6)72-54)30(3)26-57(13,52(64)37(48)10)78-56(66)58-40-21-19-18-20-22-40;/h29-40,43-51,54-55,62-63H,18-28H2,1-17H3,(H,58,66);1H4/b59-41+;/t30-,31-,32?,33+,34-,35+,36-,37+,38+,39+,43-,44+,45+,46-,47+,48+,49-,50+,51+,54-,55+,57-;/m0./s1. The van der Waals surface area contributed by atoms with Crippen LogP contribution in [0.2, 0.25) is 0 Å². The van der Waals surface area contributed by atoms with Crippen LogP contribution in [0.4, 0.5) is 4.79 Å². The van der Waals surface area contributed by atoms with E-state index >= 15 is 9.59 Å². The number of nitrogens with zero attached hydrogens (tertiary/aromatic N) is 2. The topological polar surface area (TPSA) is 247 Å². The van der Waals surface area contributed by atoms with Crippen LogP contribution in [-0.2, 0) is 71.3 Å². The minimum absolute atomic E-state index is 0. The minimum Gasteiger partial charge on any atom is -0.461 e. The summed E-state index contributed by atoms with van der Waals surface area (Å²) in [7, 11) is 6.34. The van der Waals surface area contributed by atoms with Gasteiger partial charge in [-0.3, -0.25) is 14.4 Å². The van der Waals surface area contributed by atoms with E-state index < -0.39 is 145 Å². The average Bonchev–Trinajstić information content (AvgIpc) is 3.54. The van der Waals surface area contributed by atoms with Gasteiger partial charge in [-0.2, -0.15) is 0 Å². The van der Waals surface area contributed by atoms with Gasteiger partial charge in [-0.25, -0.2) is 4.79 Å². The maximum absolute atomic E-state index is 15.8. The Hall–Kier alpha value is -3.09. The van der Waals surface area contributed by atoms with Crippen molar-refractivity contribution in [1.82, 2.24) is 10.2 Å². The summed E-state index contributed by atoms with van der Waals surface area (Å²) in [5, 5.41) is 29.9. The first-order valence-corrected chi connectivity index (χ1v) is 28.8. The molecule has 0 bridgehead atoms. The van der Waals surface area contributed by atoms with E-state index in [9.17, 15) is 19.8 Å². The number of ketones is 1. The summed E-state index contributed by atoms with van der Waals surface area (Å²) in [5.74, 6) is -7.14. The van der Waals surface area contributed by atoms with Crippen LogP contribution in [0.15, 0.2) is 5.16 Å². The third-order valence-corrected chi connectivity index (χ3v) is 16.9. The van der Waals surface area contributed by atoms with Crippen LogP contribution in [0.25, 0.3) is 0 Å². The lowest BCUT2D eigenvalue weighted by atomic mass is 9.74. The zero-order chi connectivity index (χ0) is 57.9. The van der Waals surface area contributed by atoms with Gasteiger partial charge in [0.25, 0.3) is 0 Å². The van der Waals surface area contributed by atoms with Crippen LogP contribution in [0.5, 0.6) is 0 Å². The van der Waals surface area contributed by atoms with Crippen molar-refractivity contribution in [1.29, 1.82) is 0 Å². The molecule has 5 rings (SSSR count). The molecule has 0 aromatic carbocycles. The SMILES string of the molecule is C.CO/N=C1\C[C@@H](C)O[C@@H](O[C@@H]2[C@@H](C)[C@H](O[C@H]3CC(C)N(C)C[C@H](C)O3)[C@@H](C)C(=O)O[C@H]([C@@H](C)CO[C@@H]3O[C@H](C)[C@@H](O)[C@@H](OC)[C@H]3OC)[C@H](C)[C@@H](OC(=O)CC(C)C)[C@@H](C)C(=O)[C@@](C)(OC(=O)NC3CCCCC3)C[C@@H]2C)[C@@H]1O. The summed E-state index contributed by atoms with van der Waals surface area (Å²) < 4.78 is 70.6. The number of rotatable bonds is 16. The van der Waals surface area contributed by atoms with Gasteiger partial charge in [0.2, 0.25) is 0 Å². The molecule has 21 nitrogen and oxygen atoms in total. The maximum atomic E-state index is 15.8. The number of alkyl carbamates (subject to hydrolysis) is 1. The van der Waals surface area contributed by atoms with Gasteiger partial charge >= 0.3 is 18.0 Å². The number of nitrogens with one attached hydrogen (secondary N) is 1. The third-order valence-electron chi connectivity index (χ3n) is 16.9. The van der Waals surface area contributed by atoms with Gasteiger partial charge in [-0.15, -0.1) is 0 Å². The third kappa shape index (κ3) is 18.0. The Morgan fingerprint density at radius 1 is 0.810 bits per heavy atom. The normalized spacial score (nSPS) is 40.8.